The summed E-state index contributed by atoms with van der Waals surface area (Å²) in [6.45, 7) is 9.30. The van der Waals surface area contributed by atoms with Crippen LogP contribution in [0, 0.1) is 0 Å². The smallest absolute Gasteiger partial charge is 0.128 e. The van der Waals surface area contributed by atoms with Gasteiger partial charge in [-0.05, 0) is 50.5 Å². The van der Waals surface area contributed by atoms with Crippen LogP contribution in [0.3, 0.4) is 0 Å². The summed E-state index contributed by atoms with van der Waals surface area (Å²) in [4.78, 5) is 10.9. The van der Waals surface area contributed by atoms with E-state index in [2.05, 4.69) is 27.7 Å². The molecule has 0 atom stereocenters. The molecule has 0 saturated heterocycles. The molecule has 0 radical (unpaired) electrons. The summed E-state index contributed by atoms with van der Waals surface area (Å²) in [6, 6.07) is 0. The van der Waals surface area contributed by atoms with Gasteiger partial charge in [0.2, 0.25) is 0 Å². The van der Waals surface area contributed by atoms with Crippen molar-refractivity contribution in [3.63, 3.8) is 0 Å². The van der Waals surface area contributed by atoms with Crippen LogP contribution in [0.25, 0.3) is 0 Å². The zero-order chi connectivity index (χ0) is 67.1. The molecule has 1 rings (SSSR count). The molecule has 0 aliphatic carbocycles. The van der Waals surface area contributed by atoms with Crippen LogP contribution >= 0.6 is 0 Å². The molecule has 0 spiro atoms. The van der Waals surface area contributed by atoms with Gasteiger partial charge in [-0.1, -0.05) is 516 Å². The fourth-order valence-corrected chi connectivity index (χ4v) is 15.6. The first-order valence-electron chi connectivity index (χ1n) is 45.6. The van der Waals surface area contributed by atoms with E-state index in [1.54, 1.807) is 5.56 Å². The van der Waals surface area contributed by atoms with Crippen molar-refractivity contribution < 1.29 is 0 Å². The van der Waals surface area contributed by atoms with Crippen LogP contribution in [0.4, 0.5) is 0 Å². The summed E-state index contributed by atoms with van der Waals surface area (Å²) in [7, 11) is 0. The van der Waals surface area contributed by atoms with Crippen LogP contribution in [0.5, 0.6) is 0 Å². The van der Waals surface area contributed by atoms with E-state index in [-0.39, 0.29) is 0 Å². The lowest BCUT2D eigenvalue weighted by Crippen LogP contribution is -2.11. The Balaban J connectivity index is 2.37. The maximum atomic E-state index is 5.45. The van der Waals surface area contributed by atoms with Gasteiger partial charge < -0.3 is 0 Å². The molecule has 0 saturated carbocycles. The molecule has 0 amide bonds. The molecule has 0 N–H and O–H groups in total. The van der Waals surface area contributed by atoms with Gasteiger partial charge >= 0.3 is 0 Å². The minimum Gasteiger partial charge on any atom is -0.238 e. The maximum Gasteiger partial charge on any atom is 0.128 e. The van der Waals surface area contributed by atoms with E-state index < -0.39 is 0 Å². The number of nitrogens with zero attached hydrogens (tertiary/aromatic N) is 2. The predicted molar refractivity (Wildman–Crippen MR) is 429 cm³/mol. The number of unbranched alkanes of at least 4 members (excludes halogenated alkanes) is 76. The topological polar surface area (TPSA) is 25.8 Å². The van der Waals surface area contributed by atoms with Crippen molar-refractivity contribution in [1.82, 2.24) is 9.97 Å². The minimum absolute atomic E-state index is 1.06. The summed E-state index contributed by atoms with van der Waals surface area (Å²) in [5, 5.41) is 0. The SMILES string of the molecule is CCCCCCCCCCCCCCCCCCCCCCCCCCCCc1nc(CCCC)nc(CCCCCCCCCCCCCCCCCCCCCCCCCCCC)c1CCCCCCCCCCCCCCCCCCCCCCCCCCCC. The Hall–Kier alpha value is -0.920. The fourth-order valence-electron chi connectivity index (χ4n) is 15.6. The van der Waals surface area contributed by atoms with Crippen LogP contribution in [-0.4, -0.2) is 9.97 Å². The molecule has 0 unspecified atom stereocenters. The van der Waals surface area contributed by atoms with E-state index in [9.17, 15) is 0 Å². The van der Waals surface area contributed by atoms with E-state index in [1.807, 2.05) is 0 Å². The molecule has 0 aromatic carbocycles. The van der Waals surface area contributed by atoms with Crippen molar-refractivity contribution in [3.05, 3.63) is 22.8 Å². The standard InChI is InChI=1S/C92H180N2/c1-5-9-13-16-19-22-25-28-31-34-37-40-43-46-49-52-55-58-61-64-67-70-73-76-79-82-85-89-90(86-83-80-77-74-71-68-65-62-59-56-53-50-47-44-41-38-35-32-29-26-23-20-17-14-10-6-2)93-92(88-12-8-4)94-91(89)87-84-81-78-75-72-69-66-63-60-57-54-51-48-45-42-39-36-33-30-27-24-21-18-15-11-7-3/h5-88H2,1-4H3. The maximum absolute atomic E-state index is 5.45. The van der Waals surface area contributed by atoms with Crippen molar-refractivity contribution in [3.8, 4) is 0 Å². The van der Waals surface area contributed by atoms with Crippen LogP contribution < -0.4 is 0 Å². The van der Waals surface area contributed by atoms with Crippen LogP contribution in [0.2, 0.25) is 0 Å². The van der Waals surface area contributed by atoms with Gasteiger partial charge in [-0.3, -0.25) is 0 Å². The molecular weight excluding hydrogens is 1130 g/mol. The van der Waals surface area contributed by atoms with Gasteiger partial charge in [0.1, 0.15) is 5.82 Å². The molecule has 0 aliphatic heterocycles. The highest BCUT2D eigenvalue weighted by molar-refractivity contribution is 5.27. The molecule has 0 aliphatic rings. The molecule has 1 aromatic heterocycles. The average molecular weight is 1310 g/mol. The zero-order valence-corrected chi connectivity index (χ0v) is 66.3. The van der Waals surface area contributed by atoms with Crippen molar-refractivity contribution >= 4 is 0 Å². The van der Waals surface area contributed by atoms with Gasteiger partial charge in [0.15, 0.2) is 0 Å². The van der Waals surface area contributed by atoms with E-state index in [0.717, 1.165) is 6.42 Å². The molecule has 1 heterocycles. The van der Waals surface area contributed by atoms with Crippen LogP contribution in [-0.2, 0) is 25.7 Å². The largest absolute Gasteiger partial charge is 0.238 e. The summed E-state index contributed by atoms with van der Waals surface area (Å²) in [5.41, 5.74) is 4.54. The number of hydrogen-bond acceptors (Lipinski definition) is 2. The number of rotatable bonds is 84. The fraction of sp³-hybridized carbons (Fsp3) is 0.957. The Morgan fingerprint density at radius 2 is 0.255 bits per heavy atom. The Morgan fingerprint density at radius 3 is 0.404 bits per heavy atom. The van der Waals surface area contributed by atoms with Gasteiger partial charge in [0.05, 0.1) is 0 Å². The molecular formula is C92H180N2. The lowest BCUT2D eigenvalue weighted by atomic mass is 9.96. The second-order valence-corrected chi connectivity index (χ2v) is 31.9. The normalized spacial score (nSPS) is 11.8. The zero-order valence-electron chi connectivity index (χ0n) is 66.3. The second kappa shape index (κ2) is 81.0. The highest BCUT2D eigenvalue weighted by atomic mass is 14.9. The third-order valence-corrected chi connectivity index (χ3v) is 22.3. The van der Waals surface area contributed by atoms with Gasteiger partial charge in [0, 0.05) is 17.8 Å². The van der Waals surface area contributed by atoms with Gasteiger partial charge in [-0.25, -0.2) is 9.97 Å². The lowest BCUT2D eigenvalue weighted by Gasteiger charge is -2.16. The Bertz CT molecular complexity index is 1440. The van der Waals surface area contributed by atoms with Crippen LogP contribution in [0.15, 0.2) is 0 Å². The molecule has 558 valence electrons. The third-order valence-electron chi connectivity index (χ3n) is 22.3. The number of hydrogen-bond donors (Lipinski definition) is 0. The van der Waals surface area contributed by atoms with Gasteiger partial charge in [-0.2, -0.15) is 0 Å². The summed E-state index contributed by atoms with van der Waals surface area (Å²) >= 11 is 0. The first kappa shape index (κ1) is 91.1. The summed E-state index contributed by atoms with van der Waals surface area (Å²) in [5.74, 6) is 1.17. The monoisotopic (exact) mass is 1310 g/mol. The second-order valence-electron chi connectivity index (χ2n) is 31.9. The van der Waals surface area contributed by atoms with E-state index >= 15 is 0 Å². The molecule has 94 heavy (non-hydrogen) atoms. The lowest BCUT2D eigenvalue weighted by molar-refractivity contribution is 0.514. The first-order chi connectivity index (χ1) is 46.8. The van der Waals surface area contributed by atoms with Gasteiger partial charge in [-0.15, -0.1) is 0 Å². The molecule has 2 nitrogen and oxygen atoms in total. The Labute approximate surface area is 596 Å². The molecule has 0 fully saturated rings. The summed E-state index contributed by atoms with van der Waals surface area (Å²) in [6.07, 6.45) is 121. The van der Waals surface area contributed by atoms with Crippen molar-refractivity contribution in [2.24, 2.45) is 0 Å². The molecule has 0 bridgehead atoms. The average Bonchev–Trinajstić information content (AvgIpc) is 0.874. The van der Waals surface area contributed by atoms with E-state index in [0.29, 0.717) is 0 Å². The summed E-state index contributed by atoms with van der Waals surface area (Å²) < 4.78 is 0. The third kappa shape index (κ3) is 69.6. The van der Waals surface area contributed by atoms with Crippen LogP contribution in [0.1, 0.15) is 564 Å². The minimum atomic E-state index is 1.06. The van der Waals surface area contributed by atoms with Crippen molar-refractivity contribution in [1.29, 1.82) is 0 Å². The highest BCUT2D eigenvalue weighted by Crippen LogP contribution is 2.25. The van der Waals surface area contributed by atoms with Crippen molar-refractivity contribution in [2.45, 2.75) is 567 Å². The van der Waals surface area contributed by atoms with Crippen molar-refractivity contribution in [2.75, 3.05) is 0 Å². The molecule has 1 aromatic rings. The number of aryl methyl sites for hydroxylation is 3. The highest BCUT2D eigenvalue weighted by Gasteiger charge is 2.15. The molecule has 2 heteroatoms. The Kier molecular flexibility index (Phi) is 78.5. The Morgan fingerprint density at radius 1 is 0.128 bits per heavy atom. The van der Waals surface area contributed by atoms with E-state index in [4.69, 9.17) is 9.97 Å². The first-order valence-corrected chi connectivity index (χ1v) is 45.6. The van der Waals surface area contributed by atoms with E-state index in [1.165, 1.54) is 550 Å². The quantitative estimate of drug-likeness (QED) is 0.0608. The van der Waals surface area contributed by atoms with Gasteiger partial charge in [0.25, 0.3) is 0 Å². The number of aromatic nitrogens is 2. The predicted octanol–water partition coefficient (Wildman–Crippen LogP) is 33.9.